The minimum Gasteiger partial charge on any atom is -0.359 e. The van der Waals surface area contributed by atoms with E-state index in [1.165, 1.54) is 6.07 Å². The van der Waals surface area contributed by atoms with Crippen LogP contribution in [0.15, 0.2) is 39.8 Å². The first-order valence-electron chi connectivity index (χ1n) is 8.88. The van der Waals surface area contributed by atoms with Crippen LogP contribution in [-0.2, 0) is 18.4 Å². The molecule has 142 valence electrons. The number of nitrogens with zero attached hydrogens (tertiary/aromatic N) is 2. The van der Waals surface area contributed by atoms with Crippen molar-refractivity contribution in [2.24, 2.45) is 4.99 Å². The summed E-state index contributed by atoms with van der Waals surface area (Å²) in [4.78, 5) is 4.55. The largest absolute Gasteiger partial charge is 0.359 e. The van der Waals surface area contributed by atoms with Crippen molar-refractivity contribution in [2.75, 3.05) is 13.1 Å². The molecule has 2 N–H and O–H groups in total. The number of hydrogen-bond acceptors (Lipinski definition) is 3. The molecule has 0 unspecified atom stereocenters. The second kappa shape index (κ2) is 9.34. The van der Waals surface area contributed by atoms with E-state index in [2.05, 4.69) is 20.8 Å². The summed E-state index contributed by atoms with van der Waals surface area (Å²) >= 11 is 0. The van der Waals surface area contributed by atoms with Gasteiger partial charge in [-0.3, -0.25) is 0 Å². The lowest BCUT2D eigenvalue weighted by molar-refractivity contribution is 0.379. The van der Waals surface area contributed by atoms with E-state index in [1.54, 1.807) is 6.07 Å². The zero-order chi connectivity index (χ0) is 17.7. The molecule has 0 amide bonds. The van der Waals surface area contributed by atoms with Gasteiger partial charge >= 0.3 is 0 Å². The van der Waals surface area contributed by atoms with Gasteiger partial charge in [0.15, 0.2) is 11.7 Å². The highest BCUT2D eigenvalue weighted by atomic mass is 127. The quantitative estimate of drug-likeness (QED) is 0.366. The summed E-state index contributed by atoms with van der Waals surface area (Å²) in [6, 6.07) is 8.97. The summed E-state index contributed by atoms with van der Waals surface area (Å²) in [7, 11) is 0. The minimum absolute atomic E-state index is 0. The predicted molar refractivity (Wildman–Crippen MR) is 111 cm³/mol. The summed E-state index contributed by atoms with van der Waals surface area (Å²) in [6.45, 7) is 5.90. The van der Waals surface area contributed by atoms with Crippen LogP contribution in [0.2, 0.25) is 0 Å². The third-order valence-corrected chi connectivity index (χ3v) is 4.60. The van der Waals surface area contributed by atoms with Crippen LogP contribution in [0.4, 0.5) is 4.39 Å². The average molecular weight is 472 g/mol. The van der Waals surface area contributed by atoms with E-state index in [9.17, 15) is 4.39 Å². The van der Waals surface area contributed by atoms with Gasteiger partial charge in [0.25, 0.3) is 0 Å². The topological polar surface area (TPSA) is 62.5 Å². The van der Waals surface area contributed by atoms with E-state index >= 15 is 0 Å². The summed E-state index contributed by atoms with van der Waals surface area (Å²) in [5.41, 5.74) is 1.60. The molecule has 0 bridgehead atoms. The number of hydrogen-bond donors (Lipinski definition) is 2. The van der Waals surface area contributed by atoms with Crippen molar-refractivity contribution in [3.05, 3.63) is 53.2 Å². The molecule has 0 saturated heterocycles. The average Bonchev–Trinajstić information content (AvgIpc) is 3.27. The van der Waals surface area contributed by atoms with Gasteiger partial charge in [-0.25, -0.2) is 9.38 Å². The zero-order valence-corrected chi connectivity index (χ0v) is 17.5. The third-order valence-electron chi connectivity index (χ3n) is 4.60. The molecule has 7 heteroatoms. The van der Waals surface area contributed by atoms with Gasteiger partial charge in [-0.2, -0.15) is 0 Å². The van der Waals surface area contributed by atoms with Crippen molar-refractivity contribution in [3.63, 3.8) is 0 Å². The Kier molecular flexibility index (Phi) is 7.43. The van der Waals surface area contributed by atoms with Gasteiger partial charge in [-0.1, -0.05) is 30.3 Å². The first-order valence-corrected chi connectivity index (χ1v) is 8.88. The van der Waals surface area contributed by atoms with Crippen molar-refractivity contribution in [1.29, 1.82) is 0 Å². The number of aliphatic imine (C=N–C) groups is 1. The molecule has 3 rings (SSSR count). The Morgan fingerprint density at radius 1 is 1.27 bits per heavy atom. The van der Waals surface area contributed by atoms with Gasteiger partial charge in [0, 0.05) is 24.6 Å². The lowest BCUT2D eigenvalue weighted by atomic mass is 9.95. The molecule has 1 fully saturated rings. The molecule has 0 aliphatic heterocycles. The molecule has 2 aromatic rings. The molecule has 1 aliphatic carbocycles. The summed E-state index contributed by atoms with van der Waals surface area (Å²) in [5.74, 6) is 1.32. The van der Waals surface area contributed by atoms with E-state index in [0.717, 1.165) is 42.8 Å². The summed E-state index contributed by atoms with van der Waals surface area (Å²) in [6.07, 6.45) is 2.82. The first kappa shape index (κ1) is 20.7. The van der Waals surface area contributed by atoms with Crippen LogP contribution >= 0.6 is 24.0 Å². The number of aromatic nitrogens is 1. The maximum atomic E-state index is 14.1. The monoisotopic (exact) mass is 472 g/mol. The van der Waals surface area contributed by atoms with E-state index < -0.39 is 0 Å². The third kappa shape index (κ3) is 4.96. The summed E-state index contributed by atoms with van der Waals surface area (Å²) in [5, 5.41) is 10.5. The number of benzene rings is 1. The maximum Gasteiger partial charge on any atom is 0.191 e. The fourth-order valence-corrected chi connectivity index (χ4v) is 2.93. The molecule has 1 aromatic heterocycles. The molecular weight excluding hydrogens is 446 g/mol. The molecule has 1 aliphatic rings. The van der Waals surface area contributed by atoms with E-state index in [4.69, 9.17) is 4.52 Å². The number of halogens is 2. The predicted octanol–water partition coefficient (Wildman–Crippen LogP) is 3.78. The Hall–Kier alpha value is -1.64. The molecular formula is C19H26FIN4O. The van der Waals surface area contributed by atoms with Crippen molar-refractivity contribution in [1.82, 2.24) is 15.8 Å². The van der Waals surface area contributed by atoms with Crippen molar-refractivity contribution in [2.45, 2.75) is 45.1 Å². The molecule has 26 heavy (non-hydrogen) atoms. The number of nitrogens with one attached hydrogen (secondary N) is 2. The molecule has 0 spiro atoms. The second-order valence-corrected chi connectivity index (χ2v) is 6.45. The Morgan fingerprint density at radius 3 is 2.65 bits per heavy atom. The van der Waals surface area contributed by atoms with Crippen LogP contribution in [0.3, 0.4) is 0 Å². The fourth-order valence-electron chi connectivity index (χ4n) is 2.93. The highest BCUT2D eigenvalue weighted by Crippen LogP contribution is 2.48. The van der Waals surface area contributed by atoms with Gasteiger partial charge < -0.3 is 15.2 Å². The Balaban J connectivity index is 0.00000243. The number of guanidine groups is 1. The Morgan fingerprint density at radius 2 is 2.04 bits per heavy atom. The minimum atomic E-state index is -0.127. The van der Waals surface area contributed by atoms with Crippen LogP contribution in [0.1, 0.15) is 43.7 Å². The summed E-state index contributed by atoms with van der Waals surface area (Å²) < 4.78 is 19.4. The Bertz CT molecular complexity index is 743. The highest BCUT2D eigenvalue weighted by Gasteiger charge is 2.45. The Labute approximate surface area is 170 Å². The molecule has 0 atom stereocenters. The molecule has 1 aromatic carbocycles. The van der Waals surface area contributed by atoms with Crippen molar-refractivity contribution < 1.29 is 8.91 Å². The van der Waals surface area contributed by atoms with Crippen molar-refractivity contribution in [3.8, 4) is 0 Å². The van der Waals surface area contributed by atoms with Gasteiger partial charge in [0.05, 0.1) is 5.69 Å². The smallest absolute Gasteiger partial charge is 0.191 e. The van der Waals surface area contributed by atoms with Gasteiger partial charge in [0.2, 0.25) is 0 Å². The van der Waals surface area contributed by atoms with Crippen LogP contribution in [0, 0.1) is 5.82 Å². The molecule has 5 nitrogen and oxygen atoms in total. The lowest BCUT2D eigenvalue weighted by Gasteiger charge is -2.19. The van der Waals surface area contributed by atoms with E-state index in [-0.39, 0.29) is 35.2 Å². The molecule has 0 radical (unpaired) electrons. The van der Waals surface area contributed by atoms with E-state index in [0.29, 0.717) is 19.0 Å². The van der Waals surface area contributed by atoms with Crippen LogP contribution < -0.4 is 10.6 Å². The van der Waals surface area contributed by atoms with Gasteiger partial charge in [0.1, 0.15) is 12.4 Å². The highest BCUT2D eigenvalue weighted by molar-refractivity contribution is 14.0. The second-order valence-electron chi connectivity index (χ2n) is 6.45. The zero-order valence-electron chi connectivity index (χ0n) is 15.2. The standard InChI is InChI=1S/C19H25FN4O.HI/c1-3-14-11-15(25-24-14)12-22-18(21-4-2)23-13-19(9-10-19)16-7-5-6-8-17(16)20;/h5-8,11H,3-4,9-10,12-13H2,1-2H3,(H2,21,22,23);1H. The van der Waals surface area contributed by atoms with E-state index in [1.807, 2.05) is 32.0 Å². The molecule has 1 saturated carbocycles. The fraction of sp³-hybridized carbons (Fsp3) is 0.474. The van der Waals surface area contributed by atoms with Crippen LogP contribution in [0.25, 0.3) is 0 Å². The van der Waals surface area contributed by atoms with Crippen LogP contribution in [-0.4, -0.2) is 24.2 Å². The number of aryl methyl sites for hydroxylation is 1. The normalized spacial score (nSPS) is 15.3. The van der Waals surface area contributed by atoms with Gasteiger partial charge in [-0.05, 0) is 37.8 Å². The number of rotatable bonds is 7. The SMILES string of the molecule is CCNC(=NCc1cc(CC)no1)NCC1(c2ccccc2F)CC1.I. The lowest BCUT2D eigenvalue weighted by Crippen LogP contribution is -2.41. The van der Waals surface area contributed by atoms with Gasteiger partial charge in [-0.15, -0.1) is 24.0 Å². The van der Waals surface area contributed by atoms with Crippen LogP contribution in [0.5, 0.6) is 0 Å². The molecule has 1 heterocycles. The maximum absolute atomic E-state index is 14.1. The van der Waals surface area contributed by atoms with Crippen molar-refractivity contribution >= 4 is 29.9 Å². The first-order chi connectivity index (χ1) is 12.2.